The molecule has 2 N–H and O–H groups in total. The van der Waals surface area contributed by atoms with Crippen molar-refractivity contribution < 1.29 is 0 Å². The van der Waals surface area contributed by atoms with Crippen molar-refractivity contribution in [3.05, 3.63) is 63.2 Å². The third-order valence-electron chi connectivity index (χ3n) is 3.40. The Kier molecular flexibility index (Phi) is 3.46. The lowest BCUT2D eigenvalue weighted by atomic mass is 10.0. The first-order valence-corrected chi connectivity index (χ1v) is 6.88. The topological polar surface area (TPSA) is 87.4 Å². The summed E-state index contributed by atoms with van der Waals surface area (Å²) in [4.78, 5) is 12.2. The maximum Gasteiger partial charge on any atom is 0.294 e. The molecule has 22 heavy (non-hydrogen) atoms. The minimum atomic E-state index is -0.212. The molecule has 0 atom stereocenters. The van der Waals surface area contributed by atoms with Crippen LogP contribution in [0.15, 0.2) is 40.2 Å². The second-order valence-electron chi connectivity index (χ2n) is 4.91. The van der Waals surface area contributed by atoms with Crippen LogP contribution in [0.3, 0.4) is 0 Å². The van der Waals surface area contributed by atoms with Crippen molar-refractivity contribution in [2.75, 3.05) is 7.05 Å². The molecule has 0 amide bonds. The molecule has 0 saturated heterocycles. The predicted molar refractivity (Wildman–Crippen MR) is 84.2 cm³/mol. The molecule has 0 fully saturated rings. The molecule has 0 saturated carbocycles. The molecule has 112 valence electrons. The van der Waals surface area contributed by atoms with Crippen LogP contribution in [0, 0.1) is 13.8 Å². The lowest BCUT2D eigenvalue weighted by Crippen LogP contribution is -2.20. The molecule has 1 aromatic carbocycles. The lowest BCUT2D eigenvalue weighted by molar-refractivity contribution is 0.817. The molecule has 3 rings (SSSR count). The Morgan fingerprint density at radius 3 is 2.64 bits per heavy atom. The summed E-state index contributed by atoms with van der Waals surface area (Å²) in [5.41, 5.74) is 6.60. The summed E-state index contributed by atoms with van der Waals surface area (Å²) >= 11 is 0. The Labute approximate surface area is 126 Å². The fraction of sp³-hybridized carbons (Fsp3) is 0.200. The molecule has 7 heteroatoms. The Morgan fingerprint density at radius 2 is 1.95 bits per heavy atom. The number of benzene rings is 1. The van der Waals surface area contributed by atoms with Crippen molar-refractivity contribution in [3.63, 3.8) is 0 Å². The van der Waals surface area contributed by atoms with Gasteiger partial charge in [-0.1, -0.05) is 30.3 Å². The SMILES string of the molecule is CN/N=C(\c1ccccc1)c1c(C)[nH]n2c(=O)c(C)nnc12. The van der Waals surface area contributed by atoms with Gasteiger partial charge in [0.05, 0.1) is 5.56 Å². The van der Waals surface area contributed by atoms with E-state index in [0.29, 0.717) is 17.1 Å². The van der Waals surface area contributed by atoms with Gasteiger partial charge >= 0.3 is 0 Å². The van der Waals surface area contributed by atoms with E-state index in [1.54, 1.807) is 14.0 Å². The highest BCUT2D eigenvalue weighted by Crippen LogP contribution is 2.17. The summed E-state index contributed by atoms with van der Waals surface area (Å²) in [6.45, 7) is 3.52. The van der Waals surface area contributed by atoms with Gasteiger partial charge in [-0.25, -0.2) is 0 Å². The fourth-order valence-electron chi connectivity index (χ4n) is 2.38. The second kappa shape index (κ2) is 5.44. The van der Waals surface area contributed by atoms with Crippen molar-refractivity contribution in [2.45, 2.75) is 13.8 Å². The van der Waals surface area contributed by atoms with Gasteiger partial charge in [-0.05, 0) is 13.8 Å². The normalized spacial score (nSPS) is 11.9. The van der Waals surface area contributed by atoms with Crippen LogP contribution in [0.1, 0.15) is 22.5 Å². The Balaban J connectivity index is 2.33. The number of hydrazone groups is 1. The third kappa shape index (κ3) is 2.16. The van der Waals surface area contributed by atoms with E-state index in [1.807, 2.05) is 37.3 Å². The van der Waals surface area contributed by atoms with Crippen molar-refractivity contribution in [1.82, 2.24) is 25.2 Å². The summed E-state index contributed by atoms with van der Waals surface area (Å²) < 4.78 is 1.40. The molecule has 0 bridgehead atoms. The number of aromatic amines is 1. The van der Waals surface area contributed by atoms with Gasteiger partial charge in [-0.2, -0.15) is 9.62 Å². The maximum absolute atomic E-state index is 12.2. The van der Waals surface area contributed by atoms with Crippen LogP contribution in [0.5, 0.6) is 0 Å². The zero-order chi connectivity index (χ0) is 15.7. The van der Waals surface area contributed by atoms with Crippen molar-refractivity contribution in [1.29, 1.82) is 0 Å². The van der Waals surface area contributed by atoms with Crippen molar-refractivity contribution in [3.8, 4) is 0 Å². The number of aryl methyl sites for hydroxylation is 2. The number of aromatic nitrogens is 4. The molecule has 7 nitrogen and oxygen atoms in total. The summed E-state index contributed by atoms with van der Waals surface area (Å²) in [6, 6.07) is 9.73. The van der Waals surface area contributed by atoms with Gasteiger partial charge in [0.25, 0.3) is 5.56 Å². The molecular formula is C15H16N6O. The first-order valence-electron chi connectivity index (χ1n) is 6.88. The van der Waals surface area contributed by atoms with E-state index in [-0.39, 0.29) is 5.56 Å². The quantitative estimate of drug-likeness (QED) is 0.558. The lowest BCUT2D eigenvalue weighted by Gasteiger charge is -2.06. The van der Waals surface area contributed by atoms with Crippen LogP contribution >= 0.6 is 0 Å². The standard InChI is InChI=1S/C15H16N6O/c1-9-12(13(18-16-3)11-7-5-4-6-8-11)14-19-17-10(2)15(22)21(14)20-9/h4-8,16,20H,1-3H3/b18-13+. The molecule has 0 aliphatic rings. The zero-order valence-electron chi connectivity index (χ0n) is 12.6. The molecule has 2 heterocycles. The van der Waals surface area contributed by atoms with E-state index in [4.69, 9.17) is 0 Å². The minimum absolute atomic E-state index is 0.212. The van der Waals surface area contributed by atoms with Crippen molar-refractivity contribution in [2.24, 2.45) is 5.10 Å². The van der Waals surface area contributed by atoms with Gasteiger partial charge in [-0.3, -0.25) is 9.89 Å². The molecule has 3 aromatic rings. The average molecular weight is 296 g/mol. The highest BCUT2D eigenvalue weighted by Gasteiger charge is 2.19. The van der Waals surface area contributed by atoms with Gasteiger partial charge in [0, 0.05) is 18.3 Å². The highest BCUT2D eigenvalue weighted by atomic mass is 16.1. The molecule has 0 radical (unpaired) electrons. The number of H-pyrrole nitrogens is 1. The van der Waals surface area contributed by atoms with Gasteiger partial charge in [0.2, 0.25) is 0 Å². The summed E-state index contributed by atoms with van der Waals surface area (Å²) in [7, 11) is 1.73. The number of nitrogens with one attached hydrogen (secondary N) is 2. The van der Waals surface area contributed by atoms with Gasteiger partial charge in [0.15, 0.2) is 5.65 Å². The van der Waals surface area contributed by atoms with E-state index >= 15 is 0 Å². The van der Waals surface area contributed by atoms with E-state index in [0.717, 1.165) is 16.8 Å². The van der Waals surface area contributed by atoms with Crippen molar-refractivity contribution >= 4 is 11.4 Å². The number of hydrogen-bond acceptors (Lipinski definition) is 5. The largest absolute Gasteiger partial charge is 0.313 e. The molecule has 0 spiro atoms. The number of rotatable bonds is 3. The first kappa shape index (κ1) is 14.0. The predicted octanol–water partition coefficient (Wildman–Crippen LogP) is 1.01. The van der Waals surface area contributed by atoms with E-state index in [2.05, 4.69) is 25.8 Å². The third-order valence-corrected chi connectivity index (χ3v) is 3.40. The first-order chi connectivity index (χ1) is 10.6. The van der Waals surface area contributed by atoms with Crippen LogP contribution in [-0.4, -0.2) is 32.6 Å². The number of fused-ring (bicyclic) bond motifs is 1. The Hall–Kier alpha value is -2.96. The van der Waals surface area contributed by atoms with Gasteiger partial charge in [0.1, 0.15) is 11.4 Å². The van der Waals surface area contributed by atoms with Gasteiger partial charge < -0.3 is 5.43 Å². The molecular weight excluding hydrogens is 280 g/mol. The second-order valence-corrected chi connectivity index (χ2v) is 4.91. The average Bonchev–Trinajstić information content (AvgIpc) is 2.86. The van der Waals surface area contributed by atoms with Crippen LogP contribution in [0.25, 0.3) is 5.65 Å². The Morgan fingerprint density at radius 1 is 1.23 bits per heavy atom. The summed E-state index contributed by atoms with van der Waals surface area (Å²) in [5.74, 6) is 0. The zero-order valence-corrected chi connectivity index (χ0v) is 12.6. The van der Waals surface area contributed by atoms with Crippen LogP contribution in [0.2, 0.25) is 0 Å². The van der Waals surface area contributed by atoms with E-state index < -0.39 is 0 Å². The molecule has 0 aliphatic carbocycles. The minimum Gasteiger partial charge on any atom is -0.313 e. The Bertz CT molecular complexity index is 907. The monoisotopic (exact) mass is 296 g/mol. The molecule has 0 unspecified atom stereocenters. The summed E-state index contributed by atoms with van der Waals surface area (Å²) in [6.07, 6.45) is 0. The van der Waals surface area contributed by atoms with Crippen LogP contribution < -0.4 is 11.0 Å². The van der Waals surface area contributed by atoms with E-state index in [1.165, 1.54) is 4.52 Å². The molecule has 2 aromatic heterocycles. The highest BCUT2D eigenvalue weighted by molar-refractivity contribution is 6.16. The number of nitrogens with zero attached hydrogens (tertiary/aromatic N) is 4. The summed E-state index contributed by atoms with van der Waals surface area (Å²) in [5, 5.41) is 15.5. The number of hydrogen-bond donors (Lipinski definition) is 2. The smallest absolute Gasteiger partial charge is 0.294 e. The maximum atomic E-state index is 12.2. The van der Waals surface area contributed by atoms with Gasteiger partial charge in [-0.15, -0.1) is 10.2 Å². The fourth-order valence-corrected chi connectivity index (χ4v) is 2.38. The van der Waals surface area contributed by atoms with Crippen LogP contribution in [-0.2, 0) is 0 Å². The van der Waals surface area contributed by atoms with Crippen LogP contribution in [0.4, 0.5) is 0 Å². The van der Waals surface area contributed by atoms with E-state index in [9.17, 15) is 4.79 Å². The molecule has 0 aliphatic heterocycles.